The molecule has 0 fully saturated rings. The number of amides is 1. The van der Waals surface area contributed by atoms with Crippen LogP contribution in [0.1, 0.15) is 46.6 Å². The van der Waals surface area contributed by atoms with Crippen LogP contribution in [-0.2, 0) is 15.7 Å². The van der Waals surface area contributed by atoms with E-state index >= 15 is 0 Å². The van der Waals surface area contributed by atoms with Gasteiger partial charge in [-0.05, 0) is 43.8 Å². The number of esters is 1. The Labute approximate surface area is 210 Å². The summed E-state index contributed by atoms with van der Waals surface area (Å²) in [5.74, 6) is -1.65. The summed E-state index contributed by atoms with van der Waals surface area (Å²) in [7, 11) is 0. The van der Waals surface area contributed by atoms with E-state index in [-0.39, 0.29) is 32.0 Å². The Kier molecular flexibility index (Phi) is 8.54. The van der Waals surface area contributed by atoms with Gasteiger partial charge in [0.05, 0.1) is 32.9 Å². The lowest BCUT2D eigenvalue weighted by atomic mass is 10.1. The molecule has 0 spiro atoms. The van der Waals surface area contributed by atoms with Crippen LogP contribution < -0.4 is 11.1 Å². The smallest absolute Gasteiger partial charge is 0.433 e. The van der Waals surface area contributed by atoms with Crippen molar-refractivity contribution in [2.24, 2.45) is 5.73 Å². The summed E-state index contributed by atoms with van der Waals surface area (Å²) in [6.45, 7) is 4.88. The third-order valence-corrected chi connectivity index (χ3v) is 7.37. The number of rotatable bonds is 8. The summed E-state index contributed by atoms with van der Waals surface area (Å²) in [5.41, 5.74) is 4.95. The summed E-state index contributed by atoms with van der Waals surface area (Å²) < 4.78 is 45.2. The normalized spacial score (nSPS) is 12.6. The van der Waals surface area contributed by atoms with Gasteiger partial charge in [0.15, 0.2) is 5.16 Å². The molecule has 0 unspecified atom stereocenters. The summed E-state index contributed by atoms with van der Waals surface area (Å²) in [5, 5.41) is 14.0. The molecule has 188 valence electrons. The van der Waals surface area contributed by atoms with Gasteiger partial charge in [0.2, 0.25) is 5.91 Å². The number of halogens is 3. The maximum Gasteiger partial charge on any atom is 0.433 e. The maximum atomic E-state index is 13.3. The molecule has 1 amide bonds. The first kappa shape index (κ1) is 27.1. The van der Waals surface area contributed by atoms with E-state index in [9.17, 15) is 27.9 Å². The lowest BCUT2D eigenvalue weighted by Crippen LogP contribution is -2.18. The van der Waals surface area contributed by atoms with Crippen molar-refractivity contribution in [2.45, 2.75) is 44.4 Å². The van der Waals surface area contributed by atoms with Crippen molar-refractivity contribution in [3.05, 3.63) is 45.3 Å². The second-order valence-corrected chi connectivity index (χ2v) is 10.4. The number of nitrogens with two attached hydrogens (primary N) is 1. The van der Waals surface area contributed by atoms with Crippen molar-refractivity contribution in [3.8, 4) is 10.6 Å². The second kappa shape index (κ2) is 11.0. The Balaban J connectivity index is 1.82. The van der Waals surface area contributed by atoms with Crippen molar-refractivity contribution in [1.82, 2.24) is 9.97 Å². The molecule has 8 nitrogen and oxygen atoms in total. The fourth-order valence-corrected chi connectivity index (χ4v) is 5.34. The molecule has 0 aliphatic carbocycles. The fourth-order valence-electron chi connectivity index (χ4n) is 2.90. The van der Waals surface area contributed by atoms with Gasteiger partial charge in [-0.3, -0.25) is 4.79 Å². The Morgan fingerprint density at radius 3 is 2.60 bits per heavy atom. The number of aliphatic hydroxyl groups excluding tert-OH is 1. The van der Waals surface area contributed by atoms with E-state index in [1.54, 1.807) is 38.3 Å². The van der Waals surface area contributed by atoms with Crippen molar-refractivity contribution < 1.29 is 32.6 Å². The van der Waals surface area contributed by atoms with E-state index in [2.05, 4.69) is 15.3 Å². The summed E-state index contributed by atoms with van der Waals surface area (Å²) in [6.07, 6.45) is -6.49. The molecular weight excluding hydrogens is 525 g/mol. The van der Waals surface area contributed by atoms with Gasteiger partial charge < -0.3 is 20.9 Å². The number of anilines is 1. The Bertz CT molecular complexity index is 1210. The minimum atomic E-state index is -4.69. The first-order valence-electron chi connectivity index (χ1n) is 10.1. The average molecular weight is 547 g/mol. The number of aliphatic hydroxyl groups is 1. The monoisotopic (exact) mass is 546 g/mol. The number of thioether (sulfide) groups is 1. The fraction of sp³-hybridized carbons (Fsp3) is 0.333. The highest BCUT2D eigenvalue weighted by Gasteiger charge is 2.34. The molecule has 0 bridgehead atoms. The third kappa shape index (κ3) is 6.79. The number of hydrogen-bond donors (Lipinski definition) is 3. The van der Waals surface area contributed by atoms with E-state index < -0.39 is 36.1 Å². The molecule has 0 aliphatic heterocycles. The van der Waals surface area contributed by atoms with Gasteiger partial charge in [-0.2, -0.15) is 13.2 Å². The van der Waals surface area contributed by atoms with Gasteiger partial charge in [-0.25, -0.2) is 14.8 Å². The van der Waals surface area contributed by atoms with E-state index in [1.807, 2.05) is 0 Å². The number of nitrogens with zero attached hydrogens (tertiary/aromatic N) is 2. The van der Waals surface area contributed by atoms with Gasteiger partial charge >= 0.3 is 12.1 Å². The zero-order chi connectivity index (χ0) is 25.9. The number of carbonyl (C=O) groups is 2. The van der Waals surface area contributed by atoms with Crippen LogP contribution in [-0.4, -0.2) is 38.8 Å². The minimum Gasteiger partial charge on any atom is -0.459 e. The highest BCUT2D eigenvalue weighted by Crippen LogP contribution is 2.37. The van der Waals surface area contributed by atoms with Crippen LogP contribution in [0.15, 0.2) is 28.7 Å². The number of nitrogens with one attached hydrogen (secondary N) is 1. The van der Waals surface area contributed by atoms with Crippen LogP contribution in [0.25, 0.3) is 10.6 Å². The lowest BCUT2D eigenvalue weighted by Gasteiger charge is -2.11. The van der Waals surface area contributed by atoms with E-state index in [4.69, 9.17) is 10.5 Å². The summed E-state index contributed by atoms with van der Waals surface area (Å²) >= 11 is 2.85. The quantitative estimate of drug-likeness (QED) is 0.159. The molecule has 3 aromatic rings. The highest BCUT2D eigenvalue weighted by atomic mass is 32.2. The number of aromatic nitrogens is 2. The molecule has 14 heteroatoms. The highest BCUT2D eigenvalue weighted by molar-refractivity contribution is 7.99. The van der Waals surface area contributed by atoms with Gasteiger partial charge in [0.25, 0.3) is 0 Å². The molecule has 0 saturated carbocycles. The van der Waals surface area contributed by atoms with Gasteiger partial charge in [-0.1, -0.05) is 17.8 Å². The molecule has 0 aliphatic rings. The zero-order valence-electron chi connectivity index (χ0n) is 18.7. The predicted octanol–water partition coefficient (Wildman–Crippen LogP) is 4.84. The van der Waals surface area contributed by atoms with Crippen LogP contribution in [0.2, 0.25) is 0 Å². The lowest BCUT2D eigenvalue weighted by molar-refractivity contribution is -0.141. The molecular formula is C21H21F3N4O4S3. The van der Waals surface area contributed by atoms with E-state index in [1.165, 1.54) is 11.3 Å². The Morgan fingerprint density at radius 1 is 1.31 bits per heavy atom. The van der Waals surface area contributed by atoms with Crippen molar-refractivity contribution >= 4 is 51.3 Å². The number of alkyl halides is 3. The van der Waals surface area contributed by atoms with Crippen LogP contribution in [0, 0.1) is 6.92 Å². The second-order valence-electron chi connectivity index (χ2n) is 7.43. The van der Waals surface area contributed by atoms with Crippen LogP contribution in [0.4, 0.5) is 18.2 Å². The molecule has 0 saturated heterocycles. The van der Waals surface area contributed by atoms with Crippen molar-refractivity contribution in [3.63, 3.8) is 0 Å². The Morgan fingerprint density at radius 2 is 2.03 bits per heavy atom. The standard InChI is InChI=1S/C21H21F3N4O4S3/c1-9(2)32-19(31)15-10(3)16(17(25)30)35-18(15)28-14(29)8-34-20-26-11(12-5-4-6-33-12)7-13(27-20)21(22,23)24/h4-7,9,17,30H,8,25H2,1-3H3,(H,28,29)/t17-/m0/s1. The molecule has 0 aromatic carbocycles. The largest absolute Gasteiger partial charge is 0.459 e. The number of ether oxygens (including phenoxy) is 1. The number of carbonyl (C=O) groups excluding carboxylic acids is 2. The molecule has 1 atom stereocenters. The first-order chi connectivity index (χ1) is 16.4. The van der Waals surface area contributed by atoms with E-state index in [0.29, 0.717) is 22.2 Å². The van der Waals surface area contributed by atoms with Crippen LogP contribution in [0.5, 0.6) is 0 Å². The molecule has 35 heavy (non-hydrogen) atoms. The van der Waals surface area contributed by atoms with Gasteiger partial charge in [0.1, 0.15) is 16.9 Å². The SMILES string of the molecule is Cc1c([C@@H](N)O)sc(NC(=O)CSc2nc(-c3cccs3)cc(C(F)(F)F)n2)c1C(=O)OC(C)C. The maximum absolute atomic E-state index is 13.3. The third-order valence-electron chi connectivity index (χ3n) is 4.35. The van der Waals surface area contributed by atoms with Crippen LogP contribution >= 0.6 is 34.4 Å². The van der Waals surface area contributed by atoms with Crippen LogP contribution in [0.3, 0.4) is 0 Å². The summed E-state index contributed by atoms with van der Waals surface area (Å²) in [6, 6.07) is 4.18. The molecule has 3 rings (SSSR count). The van der Waals surface area contributed by atoms with Gasteiger partial charge in [-0.15, -0.1) is 22.7 Å². The number of thiophene rings is 2. The molecule has 3 heterocycles. The average Bonchev–Trinajstić information content (AvgIpc) is 3.39. The van der Waals surface area contributed by atoms with Crippen molar-refractivity contribution in [1.29, 1.82) is 0 Å². The van der Waals surface area contributed by atoms with E-state index in [0.717, 1.165) is 17.4 Å². The zero-order valence-corrected chi connectivity index (χ0v) is 21.1. The first-order valence-corrected chi connectivity index (χ1v) is 12.8. The molecule has 4 N–H and O–H groups in total. The predicted molar refractivity (Wildman–Crippen MR) is 128 cm³/mol. The topological polar surface area (TPSA) is 127 Å². The number of hydrogen-bond acceptors (Lipinski definition) is 10. The van der Waals surface area contributed by atoms with Gasteiger partial charge in [0, 0.05) is 0 Å². The molecule has 0 radical (unpaired) electrons. The molecule has 3 aromatic heterocycles. The Hall–Kier alpha value is -2.52. The summed E-state index contributed by atoms with van der Waals surface area (Å²) in [4.78, 5) is 33.7. The van der Waals surface area contributed by atoms with Crippen molar-refractivity contribution in [2.75, 3.05) is 11.1 Å². The minimum absolute atomic E-state index is 0.0526.